The van der Waals surface area contributed by atoms with E-state index in [1.54, 1.807) is 21.1 Å². The fourth-order valence-corrected chi connectivity index (χ4v) is 4.25. The van der Waals surface area contributed by atoms with Crippen LogP contribution in [-0.4, -0.2) is 81.9 Å². The van der Waals surface area contributed by atoms with E-state index in [-0.39, 0.29) is 17.9 Å². The molecular formula is C22H29N3O5. The molecule has 2 aromatic rings. The van der Waals surface area contributed by atoms with Crippen molar-refractivity contribution < 1.29 is 23.7 Å². The van der Waals surface area contributed by atoms with Crippen LogP contribution in [0.5, 0.6) is 17.2 Å². The lowest BCUT2D eigenvalue weighted by atomic mass is 10.1. The molecule has 0 aliphatic carbocycles. The number of ether oxygens (including phenoxy) is 4. The predicted molar refractivity (Wildman–Crippen MR) is 114 cm³/mol. The van der Waals surface area contributed by atoms with Crippen LogP contribution >= 0.6 is 0 Å². The number of benzene rings is 1. The SMILES string of the molecule is COc1cc2nc(N3CCOCC3)cc(OC3CC(C(C)=O)N(C)C3)c2cc1OC. The van der Waals surface area contributed by atoms with E-state index in [4.69, 9.17) is 23.9 Å². The van der Waals surface area contributed by atoms with Crippen LogP contribution in [0.2, 0.25) is 0 Å². The molecule has 162 valence electrons. The maximum atomic E-state index is 11.9. The smallest absolute Gasteiger partial charge is 0.162 e. The summed E-state index contributed by atoms with van der Waals surface area (Å²) in [6, 6.07) is 5.67. The van der Waals surface area contributed by atoms with Gasteiger partial charge in [0, 0.05) is 43.6 Å². The number of ketones is 1. The molecule has 2 unspecified atom stereocenters. The van der Waals surface area contributed by atoms with E-state index in [0.717, 1.165) is 35.6 Å². The van der Waals surface area contributed by atoms with Crippen LogP contribution in [-0.2, 0) is 9.53 Å². The molecule has 0 amide bonds. The van der Waals surface area contributed by atoms with Crippen molar-refractivity contribution >= 4 is 22.5 Å². The minimum absolute atomic E-state index is 0.0693. The summed E-state index contributed by atoms with van der Waals surface area (Å²) in [7, 11) is 5.19. The molecule has 2 aliphatic rings. The number of likely N-dealkylation sites (N-methyl/N-ethyl adjacent to an activating group) is 1. The molecule has 8 nitrogen and oxygen atoms in total. The lowest BCUT2D eigenvalue weighted by Gasteiger charge is -2.29. The van der Waals surface area contributed by atoms with Crippen LogP contribution in [0.15, 0.2) is 18.2 Å². The number of morpholine rings is 1. The average molecular weight is 415 g/mol. The Balaban J connectivity index is 1.74. The highest BCUT2D eigenvalue weighted by atomic mass is 16.5. The molecule has 0 bridgehead atoms. The topological polar surface area (TPSA) is 73.4 Å². The van der Waals surface area contributed by atoms with Gasteiger partial charge in [0.05, 0.1) is 39.0 Å². The quantitative estimate of drug-likeness (QED) is 0.711. The number of hydrogen-bond donors (Lipinski definition) is 0. The molecule has 2 atom stereocenters. The highest BCUT2D eigenvalue weighted by molar-refractivity contribution is 5.90. The number of Topliss-reactive ketones (excluding diaryl/α,β-unsaturated/α-hetero) is 1. The fraction of sp³-hybridized carbons (Fsp3) is 0.545. The van der Waals surface area contributed by atoms with E-state index < -0.39 is 0 Å². The number of hydrogen-bond acceptors (Lipinski definition) is 8. The molecule has 0 saturated carbocycles. The van der Waals surface area contributed by atoms with E-state index in [1.807, 2.05) is 25.2 Å². The van der Waals surface area contributed by atoms with Crippen molar-refractivity contribution in [3.05, 3.63) is 18.2 Å². The Bertz CT molecular complexity index is 929. The number of aromatic nitrogens is 1. The maximum Gasteiger partial charge on any atom is 0.162 e. The molecule has 8 heteroatoms. The Morgan fingerprint density at radius 3 is 2.43 bits per heavy atom. The first-order valence-corrected chi connectivity index (χ1v) is 10.3. The second-order valence-corrected chi connectivity index (χ2v) is 7.84. The minimum Gasteiger partial charge on any atom is -0.493 e. The van der Waals surface area contributed by atoms with Crippen molar-refractivity contribution in [2.45, 2.75) is 25.5 Å². The van der Waals surface area contributed by atoms with Crippen LogP contribution in [0.25, 0.3) is 10.9 Å². The van der Waals surface area contributed by atoms with E-state index in [1.165, 1.54) is 0 Å². The molecule has 2 aliphatic heterocycles. The van der Waals surface area contributed by atoms with Gasteiger partial charge in [0.1, 0.15) is 23.5 Å². The summed E-state index contributed by atoms with van der Waals surface area (Å²) >= 11 is 0. The lowest BCUT2D eigenvalue weighted by molar-refractivity contribution is -0.120. The summed E-state index contributed by atoms with van der Waals surface area (Å²) in [5, 5.41) is 0.860. The fourth-order valence-electron chi connectivity index (χ4n) is 4.25. The number of carbonyl (C=O) groups excluding carboxylic acids is 1. The first-order valence-electron chi connectivity index (χ1n) is 10.3. The molecule has 1 aromatic heterocycles. The van der Waals surface area contributed by atoms with Crippen LogP contribution in [0, 0.1) is 0 Å². The van der Waals surface area contributed by atoms with Gasteiger partial charge in [0.25, 0.3) is 0 Å². The molecule has 0 spiro atoms. The van der Waals surface area contributed by atoms with Crippen LogP contribution < -0.4 is 19.1 Å². The molecular weight excluding hydrogens is 386 g/mol. The van der Waals surface area contributed by atoms with Gasteiger partial charge in [-0.15, -0.1) is 0 Å². The van der Waals surface area contributed by atoms with Gasteiger partial charge in [-0.25, -0.2) is 4.98 Å². The first kappa shape index (κ1) is 20.7. The molecule has 0 radical (unpaired) electrons. The molecule has 3 heterocycles. The highest BCUT2D eigenvalue weighted by Gasteiger charge is 2.34. The van der Waals surface area contributed by atoms with Crippen molar-refractivity contribution in [1.82, 2.24) is 9.88 Å². The van der Waals surface area contributed by atoms with Gasteiger partial charge in [0.2, 0.25) is 0 Å². The van der Waals surface area contributed by atoms with Crippen molar-refractivity contribution in [1.29, 1.82) is 0 Å². The highest BCUT2D eigenvalue weighted by Crippen LogP contribution is 2.38. The number of anilines is 1. The second-order valence-electron chi connectivity index (χ2n) is 7.84. The largest absolute Gasteiger partial charge is 0.493 e. The van der Waals surface area contributed by atoms with Crippen molar-refractivity contribution in [2.75, 3.05) is 59.0 Å². The molecule has 1 aromatic carbocycles. The molecule has 2 saturated heterocycles. The summed E-state index contributed by atoms with van der Waals surface area (Å²) in [5.41, 5.74) is 0.779. The number of carbonyl (C=O) groups is 1. The summed E-state index contributed by atoms with van der Waals surface area (Å²) < 4.78 is 22.9. The standard InChI is InChI=1S/C22H29N3O5/c1-14(26)18-9-15(13-24(18)2)30-19-12-22(25-5-7-29-8-6-25)23-17-11-21(28-4)20(27-3)10-16(17)19/h10-12,15,18H,5-9,13H2,1-4H3. The average Bonchev–Trinajstić information content (AvgIpc) is 3.13. The molecule has 4 rings (SSSR count). The zero-order valence-corrected chi connectivity index (χ0v) is 18.0. The van der Waals surface area contributed by atoms with Crippen LogP contribution in [0.4, 0.5) is 5.82 Å². The zero-order valence-electron chi connectivity index (χ0n) is 18.0. The monoisotopic (exact) mass is 415 g/mol. The third-order valence-corrected chi connectivity index (χ3v) is 5.87. The Morgan fingerprint density at radius 2 is 1.80 bits per heavy atom. The third-order valence-electron chi connectivity index (χ3n) is 5.87. The van der Waals surface area contributed by atoms with Crippen molar-refractivity contribution in [3.8, 4) is 17.2 Å². The summed E-state index contributed by atoms with van der Waals surface area (Å²) in [6.45, 7) is 5.26. The van der Waals surface area contributed by atoms with Gasteiger partial charge in [-0.05, 0) is 20.0 Å². The number of fused-ring (bicyclic) bond motifs is 1. The Labute approximate surface area is 176 Å². The van der Waals surface area contributed by atoms with Gasteiger partial charge < -0.3 is 23.8 Å². The van der Waals surface area contributed by atoms with E-state index in [9.17, 15) is 4.79 Å². The van der Waals surface area contributed by atoms with E-state index in [2.05, 4.69) is 9.80 Å². The van der Waals surface area contributed by atoms with Gasteiger partial charge >= 0.3 is 0 Å². The molecule has 0 N–H and O–H groups in total. The van der Waals surface area contributed by atoms with Gasteiger partial charge in [-0.3, -0.25) is 9.69 Å². The number of nitrogens with zero attached hydrogens (tertiary/aromatic N) is 3. The minimum atomic E-state index is -0.101. The zero-order chi connectivity index (χ0) is 21.3. The Hall–Kier alpha value is -2.58. The Morgan fingerprint density at radius 1 is 1.10 bits per heavy atom. The van der Waals surface area contributed by atoms with Gasteiger partial charge in [-0.1, -0.05) is 0 Å². The van der Waals surface area contributed by atoms with E-state index in [0.29, 0.717) is 37.7 Å². The third kappa shape index (κ3) is 4.02. The number of rotatable bonds is 6. The first-order chi connectivity index (χ1) is 14.5. The van der Waals surface area contributed by atoms with Crippen LogP contribution in [0.1, 0.15) is 13.3 Å². The normalized spacial score (nSPS) is 22.3. The maximum absolute atomic E-state index is 11.9. The van der Waals surface area contributed by atoms with Crippen LogP contribution in [0.3, 0.4) is 0 Å². The van der Waals surface area contributed by atoms with Crippen molar-refractivity contribution in [3.63, 3.8) is 0 Å². The summed E-state index contributed by atoms with van der Waals surface area (Å²) in [6.07, 6.45) is 0.607. The number of likely N-dealkylation sites (tertiary alicyclic amines) is 1. The summed E-state index contributed by atoms with van der Waals surface area (Å²) in [4.78, 5) is 21.1. The van der Waals surface area contributed by atoms with Crippen molar-refractivity contribution in [2.24, 2.45) is 0 Å². The van der Waals surface area contributed by atoms with Gasteiger partial charge in [0.15, 0.2) is 11.5 Å². The summed E-state index contributed by atoms with van der Waals surface area (Å²) in [5.74, 6) is 3.01. The molecule has 30 heavy (non-hydrogen) atoms. The van der Waals surface area contributed by atoms with Gasteiger partial charge in [-0.2, -0.15) is 0 Å². The number of pyridine rings is 1. The van der Waals surface area contributed by atoms with E-state index >= 15 is 0 Å². The second kappa shape index (κ2) is 8.65. The predicted octanol–water partition coefficient (Wildman–Crippen LogP) is 2.13. The molecule has 2 fully saturated rings. The lowest BCUT2D eigenvalue weighted by Crippen LogP contribution is -2.36. The Kier molecular flexibility index (Phi) is 5.97. The number of methoxy groups -OCH3 is 2.